The minimum Gasteiger partial charge on any atom is -0.464 e. The molecule has 0 radical (unpaired) electrons. The van der Waals surface area contributed by atoms with Gasteiger partial charge in [-0.25, -0.2) is 9.98 Å². The monoisotopic (exact) mass is 866 g/mol. The molecule has 0 amide bonds. The molecule has 9 rings (SSSR count). The van der Waals surface area contributed by atoms with Gasteiger partial charge in [-0.3, -0.25) is 4.90 Å². The van der Waals surface area contributed by atoms with Crippen molar-refractivity contribution in [2.24, 2.45) is 4.99 Å². The first kappa shape index (κ1) is 42.0. The van der Waals surface area contributed by atoms with Gasteiger partial charge in [-0.15, -0.1) is 0 Å². The van der Waals surface area contributed by atoms with E-state index in [-0.39, 0.29) is 22.7 Å². The molecule has 336 valence electrons. The zero-order chi connectivity index (χ0) is 48.7. The summed E-state index contributed by atoms with van der Waals surface area (Å²) in [6, 6.07) is 28.6. The van der Waals surface area contributed by atoms with Crippen LogP contribution in [-0.2, 0) is 33.0 Å². The van der Waals surface area contributed by atoms with Gasteiger partial charge in [0.1, 0.15) is 22.9 Å². The Morgan fingerprint density at radius 3 is 2.00 bits per heavy atom. The van der Waals surface area contributed by atoms with E-state index in [2.05, 4.69) is 195 Å². The van der Waals surface area contributed by atoms with Crippen molar-refractivity contribution in [1.82, 2.24) is 4.98 Å². The summed E-state index contributed by atoms with van der Waals surface area (Å²) in [4.78, 5) is 12.8. The first-order valence-electron chi connectivity index (χ1n) is 24.4. The maximum absolute atomic E-state index is 9.61. The van der Waals surface area contributed by atoms with Crippen molar-refractivity contribution in [1.29, 1.82) is 0 Å². The van der Waals surface area contributed by atoms with E-state index in [1.54, 1.807) is 0 Å². The Labute approximate surface area is 392 Å². The molecule has 65 heavy (non-hydrogen) atoms. The van der Waals surface area contributed by atoms with Gasteiger partial charge in [-0.05, 0) is 195 Å². The van der Waals surface area contributed by atoms with Crippen LogP contribution in [0.5, 0.6) is 11.5 Å². The molecule has 1 aromatic heterocycles. The highest BCUT2D eigenvalue weighted by Gasteiger charge is 2.57. The Kier molecular flexibility index (Phi) is 9.64. The zero-order valence-corrected chi connectivity index (χ0v) is 41.9. The van der Waals surface area contributed by atoms with Gasteiger partial charge in [-0.2, -0.15) is 0 Å². The normalized spacial score (nSPS) is 21.0. The molecule has 1 aliphatic carbocycles. The average molecular weight is 866 g/mol. The van der Waals surface area contributed by atoms with Gasteiger partial charge < -0.3 is 9.47 Å². The SMILES string of the molecule is [2H]C1([2H])C[C@@]2(C)N=C(c3cc(Oc4cc5c(cc4C)C(C)(C)c4cc(C)ccc4N5c4cc(C(C)(C)C)ccn4)cc(-c4c(C)cc(C)cc4C)c3)O[C@@]2(C)c2cc(C)c(C(C)(C)C)c(C)c21. The number of rotatable bonds is 5. The summed E-state index contributed by atoms with van der Waals surface area (Å²) < 4.78 is 33.7. The largest absolute Gasteiger partial charge is 0.464 e. The van der Waals surface area contributed by atoms with E-state index in [0.717, 1.165) is 67.4 Å². The second kappa shape index (κ2) is 14.9. The Morgan fingerprint density at radius 2 is 1.32 bits per heavy atom. The molecule has 0 N–H and O–H groups in total. The molecule has 3 aliphatic rings. The zero-order valence-electron chi connectivity index (χ0n) is 43.9. The number of nitrogens with zero attached hydrogens (tertiary/aromatic N) is 3. The maximum Gasteiger partial charge on any atom is 0.217 e. The summed E-state index contributed by atoms with van der Waals surface area (Å²) in [6.07, 6.45) is 0.502. The van der Waals surface area contributed by atoms with Gasteiger partial charge in [0.15, 0.2) is 5.60 Å². The molecule has 0 unspecified atom stereocenters. The molecule has 0 saturated carbocycles. The fourth-order valence-corrected chi connectivity index (χ4v) is 11.4. The van der Waals surface area contributed by atoms with Crippen molar-refractivity contribution >= 4 is 23.1 Å². The fraction of sp³-hybridized carbons (Fsp3) is 0.400. The van der Waals surface area contributed by atoms with Crippen molar-refractivity contribution in [2.75, 3.05) is 4.90 Å². The van der Waals surface area contributed by atoms with Gasteiger partial charge in [0.2, 0.25) is 5.90 Å². The summed E-state index contributed by atoms with van der Waals surface area (Å²) in [7, 11) is 0. The standard InChI is InChI=1S/C60H69N3O2/c1-34-18-19-49-47(26-34)58(14,15)48-27-36(3)51(33-50(48)63(49)52-32-43(21-23-61-52)56(8,9)10)64-44-30-41(53-37(4)24-35(2)25-38(53)5)29-42(31-44)55-62-59(16)22-20-45-40(7)54(57(11,12)13)39(6)28-46(45)60(59,17)65-55/h18-19,21,23-33H,20,22H2,1-17H3/t59-,60+/m1/s1/i20D2. The molecular formula is C60H69N3O2. The molecule has 0 fully saturated rings. The van der Waals surface area contributed by atoms with Crippen LogP contribution in [-0.4, -0.2) is 16.4 Å². The number of ether oxygens (including phenoxy) is 2. The van der Waals surface area contributed by atoms with Crippen LogP contribution in [0.4, 0.5) is 17.2 Å². The summed E-state index contributed by atoms with van der Waals surface area (Å²) >= 11 is 0. The fourth-order valence-electron chi connectivity index (χ4n) is 11.4. The van der Waals surface area contributed by atoms with Crippen LogP contribution in [0.1, 0.15) is 156 Å². The predicted molar refractivity (Wildman–Crippen MR) is 272 cm³/mol. The van der Waals surface area contributed by atoms with E-state index >= 15 is 0 Å². The van der Waals surface area contributed by atoms with Crippen LogP contribution in [0.25, 0.3) is 11.1 Å². The lowest BCUT2D eigenvalue weighted by atomic mass is 9.65. The third-order valence-electron chi connectivity index (χ3n) is 14.8. The van der Waals surface area contributed by atoms with Crippen molar-refractivity contribution in [2.45, 2.75) is 158 Å². The van der Waals surface area contributed by atoms with Crippen LogP contribution < -0.4 is 9.64 Å². The van der Waals surface area contributed by atoms with Crippen LogP contribution in [0.15, 0.2) is 90.1 Å². The van der Waals surface area contributed by atoms with Crippen LogP contribution in [0.2, 0.25) is 0 Å². The van der Waals surface area contributed by atoms with Crippen molar-refractivity contribution < 1.29 is 12.2 Å². The topological polar surface area (TPSA) is 47.0 Å². The molecule has 6 aromatic rings. The van der Waals surface area contributed by atoms with E-state index in [9.17, 15) is 2.74 Å². The Hall–Kier alpha value is -5.68. The average Bonchev–Trinajstić information content (AvgIpc) is 3.47. The highest BCUT2D eigenvalue weighted by molar-refractivity contribution is 5.98. The number of benzene rings is 5. The van der Waals surface area contributed by atoms with Gasteiger partial charge in [-0.1, -0.05) is 96.8 Å². The molecule has 2 aliphatic heterocycles. The highest BCUT2D eigenvalue weighted by atomic mass is 16.5. The lowest BCUT2D eigenvalue weighted by Gasteiger charge is -2.44. The van der Waals surface area contributed by atoms with Crippen LogP contribution >= 0.6 is 0 Å². The third kappa shape index (κ3) is 7.20. The molecule has 0 bridgehead atoms. The Bertz CT molecular complexity index is 3070. The van der Waals surface area contributed by atoms with Crippen LogP contribution in [0, 0.1) is 48.5 Å². The minimum atomic E-state index is -1.62. The van der Waals surface area contributed by atoms with Gasteiger partial charge in [0, 0.05) is 31.5 Å². The third-order valence-corrected chi connectivity index (χ3v) is 14.8. The number of pyridine rings is 1. The number of fused-ring (bicyclic) bond motifs is 5. The maximum atomic E-state index is 9.61. The first-order chi connectivity index (χ1) is 31.0. The first-order valence-corrected chi connectivity index (χ1v) is 23.4. The minimum absolute atomic E-state index is 0.0628. The number of aromatic nitrogens is 1. The van der Waals surface area contributed by atoms with E-state index < -0.39 is 17.5 Å². The highest BCUT2D eigenvalue weighted by Crippen LogP contribution is 2.56. The second-order valence-electron chi connectivity index (χ2n) is 22.4. The number of aliphatic imine (C=N–C) groups is 1. The summed E-state index contributed by atoms with van der Waals surface area (Å²) in [5.41, 5.74) is 17.2. The quantitative estimate of drug-likeness (QED) is 0.173. The summed E-state index contributed by atoms with van der Waals surface area (Å²) in [5, 5.41) is 0. The number of hydrogen-bond donors (Lipinski definition) is 0. The van der Waals surface area contributed by atoms with Gasteiger partial charge >= 0.3 is 0 Å². The Morgan fingerprint density at radius 1 is 0.662 bits per heavy atom. The van der Waals surface area contributed by atoms with E-state index in [1.165, 1.54) is 44.5 Å². The van der Waals surface area contributed by atoms with Crippen molar-refractivity contribution in [3.8, 4) is 22.6 Å². The number of aryl methyl sites for hydroxylation is 6. The van der Waals surface area contributed by atoms with E-state index in [1.807, 2.05) is 12.3 Å². The van der Waals surface area contributed by atoms with E-state index in [0.29, 0.717) is 11.6 Å². The molecule has 3 heterocycles. The molecule has 5 aromatic carbocycles. The van der Waals surface area contributed by atoms with Gasteiger partial charge in [0.25, 0.3) is 0 Å². The molecule has 5 heteroatoms. The van der Waals surface area contributed by atoms with Gasteiger partial charge in [0.05, 0.1) is 11.4 Å². The lowest BCUT2D eigenvalue weighted by Crippen LogP contribution is -2.48. The molecule has 5 nitrogen and oxygen atoms in total. The van der Waals surface area contributed by atoms with Crippen molar-refractivity contribution in [3.05, 3.63) is 163 Å². The Balaban J connectivity index is 1.21. The number of hydrogen-bond acceptors (Lipinski definition) is 5. The second-order valence-corrected chi connectivity index (χ2v) is 22.4. The molecule has 0 saturated heterocycles. The van der Waals surface area contributed by atoms with E-state index in [4.69, 9.17) is 19.5 Å². The lowest BCUT2D eigenvalue weighted by molar-refractivity contribution is 0.0178. The predicted octanol–water partition coefficient (Wildman–Crippen LogP) is 15.8. The molecule has 2 atom stereocenters. The van der Waals surface area contributed by atoms with Crippen molar-refractivity contribution in [3.63, 3.8) is 0 Å². The summed E-state index contributed by atoms with van der Waals surface area (Å²) in [5.74, 6) is 2.76. The van der Waals surface area contributed by atoms with Crippen LogP contribution in [0.3, 0.4) is 0 Å². The molecule has 0 spiro atoms. The smallest absolute Gasteiger partial charge is 0.217 e. The number of anilines is 3. The summed E-state index contributed by atoms with van der Waals surface area (Å²) in [6.45, 7) is 37.2. The molecular weight excluding hydrogens is 795 g/mol.